The molecule has 1 aromatic carbocycles. The molecule has 1 N–H and O–H groups in total. The zero-order valence-electron chi connectivity index (χ0n) is 11.8. The summed E-state index contributed by atoms with van der Waals surface area (Å²) in [5.74, 6) is 0.668. The number of amides is 1. The lowest BCUT2D eigenvalue weighted by Crippen LogP contribution is -2.33. The van der Waals surface area contributed by atoms with Crippen molar-refractivity contribution in [1.82, 2.24) is 5.32 Å². The Balaban J connectivity index is 1.95. The minimum absolute atomic E-state index is 0.0596. The number of thiophene rings is 1. The van der Waals surface area contributed by atoms with E-state index in [0.717, 1.165) is 12.2 Å². The molecule has 106 valence electrons. The lowest BCUT2D eigenvalue weighted by atomic mass is 10.1. The Morgan fingerprint density at radius 3 is 2.90 bits per heavy atom. The molecular weight excluding hydrogens is 270 g/mol. The van der Waals surface area contributed by atoms with Crippen molar-refractivity contribution >= 4 is 17.2 Å². The molecule has 0 radical (unpaired) electrons. The zero-order valence-corrected chi connectivity index (χ0v) is 12.6. The van der Waals surface area contributed by atoms with Crippen LogP contribution in [0.2, 0.25) is 0 Å². The molecule has 1 aromatic heterocycles. The second kappa shape index (κ2) is 7.10. The van der Waals surface area contributed by atoms with Crippen molar-refractivity contribution in [3.8, 4) is 5.75 Å². The first kappa shape index (κ1) is 14.6. The third-order valence-electron chi connectivity index (χ3n) is 2.87. The first-order valence-corrected chi connectivity index (χ1v) is 7.63. The van der Waals surface area contributed by atoms with Gasteiger partial charge in [-0.25, -0.2) is 0 Å². The van der Waals surface area contributed by atoms with Gasteiger partial charge < -0.3 is 10.1 Å². The van der Waals surface area contributed by atoms with Crippen molar-refractivity contribution in [1.29, 1.82) is 0 Å². The number of benzene rings is 1. The van der Waals surface area contributed by atoms with E-state index < -0.39 is 0 Å². The maximum atomic E-state index is 12.2. The summed E-state index contributed by atoms with van der Waals surface area (Å²) >= 11 is 1.71. The molecule has 0 aliphatic rings. The largest absolute Gasteiger partial charge is 0.494 e. The van der Waals surface area contributed by atoms with Gasteiger partial charge in [-0.05, 0) is 43.5 Å². The van der Waals surface area contributed by atoms with Crippen molar-refractivity contribution < 1.29 is 9.53 Å². The molecular formula is C16H19NO2S. The standard InChI is InChI=1S/C16H19NO2S/c1-3-19-14-7-4-6-13(11-14)16(18)17-12(2)10-15-8-5-9-20-15/h4-9,11-12H,3,10H2,1-2H3,(H,17,18)/t12-/m0/s1. The molecule has 0 saturated heterocycles. The van der Waals surface area contributed by atoms with Crippen molar-refractivity contribution in [2.75, 3.05) is 6.61 Å². The number of carbonyl (C=O) groups is 1. The molecule has 3 nitrogen and oxygen atoms in total. The van der Waals surface area contributed by atoms with Crippen molar-refractivity contribution in [2.45, 2.75) is 26.3 Å². The molecule has 2 aromatic rings. The summed E-state index contributed by atoms with van der Waals surface area (Å²) in [4.78, 5) is 13.5. The predicted molar refractivity (Wildman–Crippen MR) is 82.6 cm³/mol. The number of ether oxygens (including phenoxy) is 1. The van der Waals surface area contributed by atoms with Gasteiger partial charge in [-0.2, -0.15) is 0 Å². The number of carbonyl (C=O) groups excluding carboxylic acids is 1. The van der Waals surface area contributed by atoms with Crippen LogP contribution in [0.15, 0.2) is 41.8 Å². The predicted octanol–water partition coefficient (Wildman–Crippen LogP) is 3.51. The minimum Gasteiger partial charge on any atom is -0.494 e. The molecule has 20 heavy (non-hydrogen) atoms. The van der Waals surface area contributed by atoms with E-state index in [9.17, 15) is 4.79 Å². The maximum absolute atomic E-state index is 12.2. The summed E-state index contributed by atoms with van der Waals surface area (Å²) < 4.78 is 5.41. The van der Waals surface area contributed by atoms with Gasteiger partial charge in [0.05, 0.1) is 6.61 Å². The molecule has 2 rings (SSSR count). The van der Waals surface area contributed by atoms with Gasteiger partial charge in [0.1, 0.15) is 5.75 Å². The molecule has 1 atom stereocenters. The Bertz CT molecular complexity index is 551. The summed E-state index contributed by atoms with van der Waals surface area (Å²) in [7, 11) is 0. The number of hydrogen-bond acceptors (Lipinski definition) is 3. The van der Waals surface area contributed by atoms with Gasteiger partial charge >= 0.3 is 0 Å². The fourth-order valence-corrected chi connectivity index (χ4v) is 2.82. The van der Waals surface area contributed by atoms with E-state index in [0.29, 0.717) is 12.2 Å². The fraction of sp³-hybridized carbons (Fsp3) is 0.312. The van der Waals surface area contributed by atoms with E-state index in [1.807, 2.05) is 32.0 Å². The summed E-state index contributed by atoms with van der Waals surface area (Å²) in [6.45, 7) is 4.54. The van der Waals surface area contributed by atoms with Crippen LogP contribution in [-0.2, 0) is 6.42 Å². The highest BCUT2D eigenvalue weighted by Gasteiger charge is 2.11. The van der Waals surface area contributed by atoms with Crippen molar-refractivity contribution in [2.24, 2.45) is 0 Å². The molecule has 0 unspecified atom stereocenters. The van der Waals surface area contributed by atoms with Gasteiger partial charge in [-0.15, -0.1) is 11.3 Å². The van der Waals surface area contributed by atoms with E-state index in [-0.39, 0.29) is 11.9 Å². The van der Waals surface area contributed by atoms with Crippen LogP contribution in [0.3, 0.4) is 0 Å². The van der Waals surface area contributed by atoms with Crippen LogP contribution in [0.1, 0.15) is 29.1 Å². The van der Waals surface area contributed by atoms with E-state index in [2.05, 4.69) is 16.8 Å². The van der Waals surface area contributed by atoms with E-state index in [1.165, 1.54) is 4.88 Å². The zero-order chi connectivity index (χ0) is 14.4. The Morgan fingerprint density at radius 1 is 1.35 bits per heavy atom. The maximum Gasteiger partial charge on any atom is 0.251 e. The third kappa shape index (κ3) is 4.10. The lowest BCUT2D eigenvalue weighted by molar-refractivity contribution is 0.0940. The Morgan fingerprint density at radius 2 is 2.20 bits per heavy atom. The summed E-state index contributed by atoms with van der Waals surface area (Å²) in [6.07, 6.45) is 0.856. The molecule has 0 fully saturated rings. The quantitative estimate of drug-likeness (QED) is 0.883. The van der Waals surface area contributed by atoms with Crippen LogP contribution in [0.4, 0.5) is 0 Å². The summed E-state index contributed by atoms with van der Waals surface area (Å²) in [5.41, 5.74) is 0.633. The van der Waals surface area contributed by atoms with Crippen LogP contribution in [0.25, 0.3) is 0 Å². The number of nitrogens with one attached hydrogen (secondary N) is 1. The molecule has 0 saturated carbocycles. The van der Waals surface area contributed by atoms with Gasteiger partial charge in [-0.1, -0.05) is 12.1 Å². The first-order valence-electron chi connectivity index (χ1n) is 6.75. The summed E-state index contributed by atoms with van der Waals surface area (Å²) in [5, 5.41) is 5.07. The van der Waals surface area contributed by atoms with Crippen LogP contribution < -0.4 is 10.1 Å². The Hall–Kier alpha value is -1.81. The number of hydrogen-bond donors (Lipinski definition) is 1. The summed E-state index contributed by atoms with van der Waals surface area (Å²) in [6, 6.07) is 11.5. The molecule has 0 spiro atoms. The van der Waals surface area contributed by atoms with E-state index >= 15 is 0 Å². The van der Waals surface area contributed by atoms with Crippen LogP contribution in [-0.4, -0.2) is 18.6 Å². The van der Waals surface area contributed by atoms with Crippen molar-refractivity contribution in [3.05, 3.63) is 52.2 Å². The fourth-order valence-electron chi connectivity index (χ4n) is 1.98. The minimum atomic E-state index is -0.0596. The van der Waals surface area contributed by atoms with Gasteiger partial charge in [-0.3, -0.25) is 4.79 Å². The molecule has 1 amide bonds. The molecule has 0 aliphatic carbocycles. The molecule has 0 bridgehead atoms. The Kier molecular flexibility index (Phi) is 5.18. The smallest absolute Gasteiger partial charge is 0.251 e. The second-order valence-electron chi connectivity index (χ2n) is 4.62. The van der Waals surface area contributed by atoms with Crippen LogP contribution in [0, 0.1) is 0 Å². The second-order valence-corrected chi connectivity index (χ2v) is 5.65. The van der Waals surface area contributed by atoms with Gasteiger partial charge in [0.2, 0.25) is 0 Å². The normalized spacial score (nSPS) is 11.9. The lowest BCUT2D eigenvalue weighted by Gasteiger charge is -2.13. The highest BCUT2D eigenvalue weighted by Crippen LogP contribution is 2.14. The van der Waals surface area contributed by atoms with Crippen LogP contribution in [0.5, 0.6) is 5.75 Å². The number of rotatable bonds is 6. The van der Waals surface area contributed by atoms with Crippen LogP contribution >= 0.6 is 11.3 Å². The average molecular weight is 289 g/mol. The third-order valence-corrected chi connectivity index (χ3v) is 3.77. The Labute approximate surface area is 123 Å². The van der Waals surface area contributed by atoms with Gasteiger partial charge in [0.15, 0.2) is 0 Å². The van der Waals surface area contributed by atoms with E-state index in [4.69, 9.17) is 4.74 Å². The highest BCUT2D eigenvalue weighted by atomic mass is 32.1. The first-order chi connectivity index (χ1) is 9.69. The SMILES string of the molecule is CCOc1cccc(C(=O)N[C@@H](C)Cc2cccs2)c1. The van der Waals surface area contributed by atoms with E-state index in [1.54, 1.807) is 23.5 Å². The molecule has 0 aliphatic heterocycles. The molecule has 4 heteroatoms. The average Bonchev–Trinajstić information content (AvgIpc) is 2.92. The van der Waals surface area contributed by atoms with Crippen molar-refractivity contribution in [3.63, 3.8) is 0 Å². The van der Waals surface area contributed by atoms with Gasteiger partial charge in [0.25, 0.3) is 5.91 Å². The monoisotopic (exact) mass is 289 g/mol. The highest BCUT2D eigenvalue weighted by molar-refractivity contribution is 7.09. The topological polar surface area (TPSA) is 38.3 Å². The van der Waals surface area contributed by atoms with Gasteiger partial charge in [0, 0.05) is 22.9 Å². The molecule has 1 heterocycles.